The van der Waals surface area contributed by atoms with Crippen LogP contribution in [0.1, 0.15) is 55.6 Å². The highest BCUT2D eigenvalue weighted by Gasteiger charge is 2.23. The molecule has 0 aliphatic rings. The van der Waals surface area contributed by atoms with E-state index < -0.39 is 6.04 Å². The zero-order valence-electron chi connectivity index (χ0n) is 19.0. The molecule has 0 fully saturated rings. The van der Waals surface area contributed by atoms with E-state index in [9.17, 15) is 14.4 Å². The Bertz CT molecular complexity index is 884. The molecule has 0 spiro atoms. The van der Waals surface area contributed by atoms with Gasteiger partial charge in [0.15, 0.2) is 0 Å². The highest BCUT2D eigenvalue weighted by atomic mass is 16.5. The van der Waals surface area contributed by atoms with Gasteiger partial charge in [0.25, 0.3) is 11.8 Å². The number of ether oxygens (including phenoxy) is 1. The van der Waals surface area contributed by atoms with Gasteiger partial charge in [-0.1, -0.05) is 50.2 Å². The number of hydrogen-bond acceptors (Lipinski definition) is 4. The average Bonchev–Trinajstić information content (AvgIpc) is 2.77. The minimum Gasteiger partial charge on any atom is -0.382 e. The maximum absolute atomic E-state index is 13.0. The molecule has 1 unspecified atom stereocenters. The van der Waals surface area contributed by atoms with Crippen molar-refractivity contribution >= 4 is 23.4 Å². The van der Waals surface area contributed by atoms with Crippen LogP contribution in [0, 0.1) is 5.92 Å². The second-order valence-electron chi connectivity index (χ2n) is 7.89. The summed E-state index contributed by atoms with van der Waals surface area (Å²) in [4.78, 5) is 37.8. The fraction of sp³-hybridized carbons (Fsp3) is 0.400. The van der Waals surface area contributed by atoms with Gasteiger partial charge in [-0.3, -0.25) is 14.4 Å². The predicted octanol–water partition coefficient (Wildman–Crippen LogP) is 3.69. The summed E-state index contributed by atoms with van der Waals surface area (Å²) in [5, 5.41) is 8.49. The van der Waals surface area contributed by atoms with Crippen LogP contribution >= 0.6 is 0 Å². The van der Waals surface area contributed by atoms with Crippen molar-refractivity contribution in [2.24, 2.45) is 5.92 Å². The Morgan fingerprint density at radius 3 is 2.44 bits per heavy atom. The fourth-order valence-electron chi connectivity index (χ4n) is 3.11. The molecule has 2 rings (SSSR count). The van der Waals surface area contributed by atoms with Crippen molar-refractivity contribution in [3.8, 4) is 0 Å². The highest BCUT2D eigenvalue weighted by molar-refractivity contribution is 6.00. The molecule has 32 heavy (non-hydrogen) atoms. The molecule has 7 heteroatoms. The molecule has 0 aliphatic heterocycles. The third-order valence-corrected chi connectivity index (χ3v) is 4.64. The summed E-state index contributed by atoms with van der Waals surface area (Å²) in [6.45, 7) is 7.58. The number of nitrogens with one attached hydrogen (secondary N) is 3. The molecule has 1 atom stereocenters. The Balaban J connectivity index is 2.06. The highest BCUT2D eigenvalue weighted by Crippen LogP contribution is 2.18. The molecule has 2 aromatic carbocycles. The van der Waals surface area contributed by atoms with E-state index in [1.54, 1.807) is 36.4 Å². The summed E-state index contributed by atoms with van der Waals surface area (Å²) in [6, 6.07) is 15.0. The molecule has 0 heterocycles. The summed E-state index contributed by atoms with van der Waals surface area (Å²) >= 11 is 0. The summed E-state index contributed by atoms with van der Waals surface area (Å²) in [5.41, 5.74) is 1.61. The van der Waals surface area contributed by atoms with Gasteiger partial charge in [0.2, 0.25) is 5.91 Å². The van der Waals surface area contributed by atoms with Crippen LogP contribution in [0.15, 0.2) is 54.6 Å². The van der Waals surface area contributed by atoms with Gasteiger partial charge in [0, 0.05) is 37.4 Å². The standard InChI is InChI=1S/C25H33N3O4/c1-4-32-15-9-14-26-24(30)20-12-8-13-21(17-20)27-25(31)23(19-10-6-5-7-11-19)28-22(29)16-18(2)3/h5-8,10-13,17-18,23H,4,9,14-16H2,1-3H3,(H,26,30)(H,27,31)(H,28,29). The van der Waals surface area contributed by atoms with Crippen molar-refractivity contribution in [2.75, 3.05) is 25.1 Å². The van der Waals surface area contributed by atoms with Crippen LogP contribution < -0.4 is 16.0 Å². The summed E-state index contributed by atoms with van der Waals surface area (Å²) in [6.07, 6.45) is 1.06. The van der Waals surface area contributed by atoms with Gasteiger partial charge in [-0.05, 0) is 43.0 Å². The van der Waals surface area contributed by atoms with Crippen LogP contribution in [-0.4, -0.2) is 37.5 Å². The van der Waals surface area contributed by atoms with Gasteiger partial charge in [0.05, 0.1) is 0 Å². The quantitative estimate of drug-likeness (QED) is 0.440. The Morgan fingerprint density at radius 2 is 1.75 bits per heavy atom. The molecule has 3 N–H and O–H groups in total. The van der Waals surface area contributed by atoms with E-state index in [1.807, 2.05) is 39.0 Å². The van der Waals surface area contributed by atoms with Gasteiger partial charge in [-0.15, -0.1) is 0 Å². The SMILES string of the molecule is CCOCCCNC(=O)c1cccc(NC(=O)C(NC(=O)CC(C)C)c2ccccc2)c1. The molecule has 0 aliphatic carbocycles. The number of amides is 3. The lowest BCUT2D eigenvalue weighted by Crippen LogP contribution is -2.37. The fourth-order valence-corrected chi connectivity index (χ4v) is 3.11. The van der Waals surface area contributed by atoms with Crippen molar-refractivity contribution in [1.82, 2.24) is 10.6 Å². The van der Waals surface area contributed by atoms with Gasteiger partial charge in [0.1, 0.15) is 6.04 Å². The van der Waals surface area contributed by atoms with E-state index in [4.69, 9.17) is 4.74 Å². The van der Waals surface area contributed by atoms with Crippen molar-refractivity contribution in [1.29, 1.82) is 0 Å². The Labute approximate surface area is 189 Å². The zero-order chi connectivity index (χ0) is 23.3. The normalized spacial score (nSPS) is 11.6. The van der Waals surface area contributed by atoms with Crippen LogP contribution in [-0.2, 0) is 14.3 Å². The molecular formula is C25H33N3O4. The third kappa shape index (κ3) is 8.51. The monoisotopic (exact) mass is 439 g/mol. The number of carbonyl (C=O) groups excluding carboxylic acids is 3. The largest absolute Gasteiger partial charge is 0.382 e. The first-order valence-corrected chi connectivity index (χ1v) is 11.0. The van der Waals surface area contributed by atoms with Gasteiger partial charge >= 0.3 is 0 Å². The summed E-state index contributed by atoms with van der Waals surface area (Å²) in [5.74, 6) is -0.604. The lowest BCUT2D eigenvalue weighted by molar-refractivity contribution is -0.127. The van der Waals surface area contributed by atoms with Crippen LogP contribution in [0.5, 0.6) is 0 Å². The van der Waals surface area contributed by atoms with Gasteiger partial charge in [-0.2, -0.15) is 0 Å². The Morgan fingerprint density at radius 1 is 1.00 bits per heavy atom. The molecule has 3 amide bonds. The third-order valence-electron chi connectivity index (χ3n) is 4.64. The van der Waals surface area contributed by atoms with Crippen molar-refractivity contribution in [3.63, 3.8) is 0 Å². The average molecular weight is 440 g/mol. The number of anilines is 1. The molecular weight excluding hydrogens is 406 g/mol. The molecule has 172 valence electrons. The minimum absolute atomic E-state index is 0.179. The van der Waals surface area contributed by atoms with Crippen LogP contribution in [0.2, 0.25) is 0 Å². The second-order valence-corrected chi connectivity index (χ2v) is 7.89. The zero-order valence-corrected chi connectivity index (χ0v) is 19.0. The van der Waals surface area contributed by atoms with Crippen molar-refractivity contribution in [2.45, 2.75) is 39.7 Å². The van der Waals surface area contributed by atoms with Crippen molar-refractivity contribution in [3.05, 3.63) is 65.7 Å². The number of benzene rings is 2. The van der Waals surface area contributed by atoms with Crippen molar-refractivity contribution < 1.29 is 19.1 Å². The van der Waals surface area contributed by atoms with E-state index in [0.29, 0.717) is 43.0 Å². The first-order valence-electron chi connectivity index (χ1n) is 11.0. The molecule has 7 nitrogen and oxygen atoms in total. The number of rotatable bonds is 12. The lowest BCUT2D eigenvalue weighted by Gasteiger charge is -2.20. The van der Waals surface area contributed by atoms with Crippen LogP contribution in [0.4, 0.5) is 5.69 Å². The summed E-state index contributed by atoms with van der Waals surface area (Å²) in [7, 11) is 0. The molecule has 0 saturated heterocycles. The lowest BCUT2D eigenvalue weighted by atomic mass is 10.0. The van der Waals surface area contributed by atoms with Gasteiger partial charge in [-0.25, -0.2) is 0 Å². The molecule has 0 radical (unpaired) electrons. The van der Waals surface area contributed by atoms with Gasteiger partial charge < -0.3 is 20.7 Å². The smallest absolute Gasteiger partial charge is 0.251 e. The Kier molecular flexibility index (Phi) is 10.4. The minimum atomic E-state index is -0.835. The van der Waals surface area contributed by atoms with E-state index in [1.165, 1.54) is 0 Å². The Hall–Kier alpha value is -3.19. The molecule has 0 bridgehead atoms. The summed E-state index contributed by atoms with van der Waals surface area (Å²) < 4.78 is 5.26. The number of carbonyl (C=O) groups is 3. The van der Waals surface area contributed by atoms with E-state index in [2.05, 4.69) is 16.0 Å². The first-order chi connectivity index (χ1) is 15.4. The molecule has 2 aromatic rings. The topological polar surface area (TPSA) is 96.5 Å². The first kappa shape index (κ1) is 25.1. The van der Waals surface area contributed by atoms with Crippen LogP contribution in [0.25, 0.3) is 0 Å². The number of hydrogen-bond donors (Lipinski definition) is 3. The van der Waals surface area contributed by atoms with Crippen LogP contribution in [0.3, 0.4) is 0 Å². The van der Waals surface area contributed by atoms with E-state index in [-0.39, 0.29) is 23.6 Å². The van der Waals surface area contributed by atoms with E-state index in [0.717, 1.165) is 6.42 Å². The maximum Gasteiger partial charge on any atom is 0.251 e. The maximum atomic E-state index is 13.0. The van der Waals surface area contributed by atoms with E-state index >= 15 is 0 Å². The molecule has 0 saturated carbocycles. The second kappa shape index (κ2) is 13.3. The molecule has 0 aromatic heterocycles. The predicted molar refractivity (Wildman–Crippen MR) is 125 cm³/mol.